The third-order valence-electron chi connectivity index (χ3n) is 4.78. The van der Waals surface area contributed by atoms with Crippen LogP contribution in [0.5, 0.6) is 5.75 Å². The van der Waals surface area contributed by atoms with Crippen LogP contribution in [0.2, 0.25) is 0 Å². The Morgan fingerprint density at radius 3 is 2.48 bits per heavy atom. The van der Waals surface area contributed by atoms with Crippen LogP contribution in [0.4, 0.5) is 8.78 Å². The Labute approximate surface area is 148 Å². The number of benzene rings is 1. The van der Waals surface area contributed by atoms with Crippen LogP contribution >= 0.6 is 0 Å². The Bertz CT molecular complexity index is 743. The smallest absolute Gasteiger partial charge is 0.252 e. The van der Waals surface area contributed by atoms with E-state index in [4.69, 9.17) is 4.74 Å². The zero-order chi connectivity index (χ0) is 18.6. The first-order valence-corrected chi connectivity index (χ1v) is 9.12. The highest BCUT2D eigenvalue weighted by Gasteiger charge is 2.63. The Morgan fingerprint density at radius 1 is 1.36 bits per heavy atom. The molecule has 25 heavy (non-hydrogen) atoms. The normalized spacial score (nSPS) is 24.6. The van der Waals surface area contributed by atoms with Crippen LogP contribution in [0.25, 0.3) is 0 Å². The first-order chi connectivity index (χ1) is 11.5. The predicted octanol–water partition coefficient (Wildman–Crippen LogP) is 2.48. The van der Waals surface area contributed by atoms with E-state index in [0.29, 0.717) is 12.8 Å². The summed E-state index contributed by atoms with van der Waals surface area (Å²) in [5.41, 5.74) is -2.54. The summed E-state index contributed by atoms with van der Waals surface area (Å²) in [5.74, 6) is -2.92. The van der Waals surface area contributed by atoms with E-state index >= 15 is 0 Å². The first-order valence-electron chi connectivity index (χ1n) is 7.97. The summed E-state index contributed by atoms with van der Waals surface area (Å²) in [4.78, 5) is 0. The van der Waals surface area contributed by atoms with E-state index in [0.717, 1.165) is 12.1 Å². The molecule has 3 unspecified atom stereocenters. The summed E-state index contributed by atoms with van der Waals surface area (Å²) >= 11 is -1.73. The maximum atomic E-state index is 13.8. The number of aliphatic hydroxyl groups is 1. The summed E-state index contributed by atoms with van der Waals surface area (Å²) in [5, 5.41) is 20.7. The average Bonchev–Trinajstić information content (AvgIpc) is 3.28. The van der Waals surface area contributed by atoms with Crippen LogP contribution in [-0.2, 0) is 11.4 Å². The van der Waals surface area contributed by atoms with Crippen molar-refractivity contribution in [3.05, 3.63) is 29.3 Å². The van der Waals surface area contributed by atoms with Gasteiger partial charge in [-0.05, 0) is 39.7 Å². The fraction of sp³-hybridized carbons (Fsp3) is 0.588. The zero-order valence-electron chi connectivity index (χ0n) is 14.2. The lowest BCUT2D eigenvalue weighted by Gasteiger charge is -2.41. The molecule has 1 aliphatic heterocycles. The van der Waals surface area contributed by atoms with Crippen LogP contribution in [-0.4, -0.2) is 26.7 Å². The van der Waals surface area contributed by atoms with Gasteiger partial charge in [0.15, 0.2) is 11.6 Å². The standard InChI is InChI=1S/C17H20F2N2O3S/c1-15(2,3)25(23)21-17(22,8-20)14-10-6-11(18)12(19)7-13(10)24-9-16(14)4-5-16/h6-7,14,21-22H,4-5,9H2,1-3H3. The number of nitriles is 1. The summed E-state index contributed by atoms with van der Waals surface area (Å²) in [6.07, 6.45) is 1.34. The molecule has 8 heteroatoms. The van der Waals surface area contributed by atoms with Gasteiger partial charge in [0, 0.05) is 28.4 Å². The summed E-state index contributed by atoms with van der Waals surface area (Å²) in [7, 11) is 0. The molecule has 5 nitrogen and oxygen atoms in total. The zero-order valence-corrected chi connectivity index (χ0v) is 15.0. The van der Waals surface area contributed by atoms with Crippen LogP contribution < -0.4 is 9.46 Å². The van der Waals surface area contributed by atoms with E-state index in [-0.39, 0.29) is 17.9 Å². The quantitative estimate of drug-likeness (QED) is 0.485. The lowest BCUT2D eigenvalue weighted by molar-refractivity contribution is 0.00386. The number of halogens is 2. The van der Waals surface area contributed by atoms with Crippen molar-refractivity contribution >= 4 is 11.4 Å². The minimum atomic E-state index is -2.20. The number of fused-ring (bicyclic) bond motifs is 1. The van der Waals surface area contributed by atoms with Crippen molar-refractivity contribution in [3.63, 3.8) is 0 Å². The van der Waals surface area contributed by atoms with Gasteiger partial charge >= 0.3 is 0 Å². The van der Waals surface area contributed by atoms with E-state index < -0.39 is 44.8 Å². The van der Waals surface area contributed by atoms with Gasteiger partial charge in [-0.15, -0.1) is 0 Å². The minimum absolute atomic E-state index is 0.0958. The number of hydrogen-bond acceptors (Lipinski definition) is 5. The van der Waals surface area contributed by atoms with E-state index in [1.54, 1.807) is 26.8 Å². The molecule has 0 radical (unpaired) electrons. The van der Waals surface area contributed by atoms with Gasteiger partial charge in [0.05, 0.1) is 12.5 Å². The molecule has 0 saturated heterocycles. The van der Waals surface area contributed by atoms with Gasteiger partial charge in [0.2, 0.25) is 0 Å². The molecule has 1 fully saturated rings. The van der Waals surface area contributed by atoms with Gasteiger partial charge in [0.25, 0.3) is 5.72 Å². The average molecular weight is 370 g/mol. The van der Waals surface area contributed by atoms with E-state index in [1.807, 2.05) is 0 Å². The summed E-state index contributed by atoms with van der Waals surface area (Å²) < 4.78 is 47.2. The highest BCUT2D eigenvalue weighted by atomic mass is 32.2. The molecule has 3 rings (SSSR count). The van der Waals surface area contributed by atoms with Crippen molar-refractivity contribution in [1.29, 1.82) is 5.26 Å². The number of rotatable bonds is 3. The number of nitrogens with zero attached hydrogens (tertiary/aromatic N) is 1. The molecule has 0 bridgehead atoms. The molecular weight excluding hydrogens is 350 g/mol. The molecule has 0 aromatic heterocycles. The second kappa shape index (κ2) is 5.81. The Hall–Kier alpha value is -1.40. The molecule has 1 heterocycles. The van der Waals surface area contributed by atoms with Crippen molar-refractivity contribution in [1.82, 2.24) is 4.72 Å². The van der Waals surface area contributed by atoms with Gasteiger partial charge in [-0.25, -0.2) is 8.78 Å². The molecular formula is C17H20F2N2O3S. The lowest BCUT2D eigenvalue weighted by atomic mass is 9.75. The number of ether oxygens (including phenoxy) is 1. The van der Waals surface area contributed by atoms with Crippen molar-refractivity contribution in [3.8, 4) is 11.8 Å². The number of nitrogens with one attached hydrogen (secondary N) is 1. The van der Waals surface area contributed by atoms with Gasteiger partial charge in [-0.2, -0.15) is 5.26 Å². The fourth-order valence-electron chi connectivity index (χ4n) is 3.23. The second-order valence-electron chi connectivity index (χ2n) is 7.75. The van der Waals surface area contributed by atoms with Crippen LogP contribution in [0.1, 0.15) is 45.1 Å². The fourth-order valence-corrected chi connectivity index (χ4v) is 3.98. The summed E-state index contributed by atoms with van der Waals surface area (Å²) in [6, 6.07) is 3.68. The van der Waals surface area contributed by atoms with Gasteiger partial charge in [-0.3, -0.25) is 0 Å². The molecule has 136 valence electrons. The highest BCUT2D eigenvalue weighted by molar-refractivity contribution is 7.90. The molecule has 1 aromatic carbocycles. The molecule has 1 spiro atoms. The molecule has 2 N–H and O–H groups in total. The van der Waals surface area contributed by atoms with Gasteiger partial charge < -0.3 is 14.4 Å². The van der Waals surface area contributed by atoms with Gasteiger partial charge in [0.1, 0.15) is 16.6 Å². The Morgan fingerprint density at radius 2 is 1.96 bits per heavy atom. The van der Waals surface area contributed by atoms with Crippen molar-refractivity contribution in [2.24, 2.45) is 5.41 Å². The van der Waals surface area contributed by atoms with E-state index in [9.17, 15) is 23.7 Å². The van der Waals surface area contributed by atoms with Crippen LogP contribution in [0.3, 0.4) is 0 Å². The third-order valence-corrected chi connectivity index (χ3v) is 6.39. The molecule has 1 aliphatic carbocycles. The molecule has 0 amide bonds. The SMILES string of the molecule is CC(C)(C)[S+]([O-])NC(O)(C#N)C1c2cc(F)c(F)cc2OCC12CC2. The maximum Gasteiger partial charge on any atom is 0.252 e. The van der Waals surface area contributed by atoms with E-state index in [1.165, 1.54) is 0 Å². The molecule has 1 aromatic rings. The van der Waals surface area contributed by atoms with Crippen molar-refractivity contribution in [2.75, 3.05) is 6.61 Å². The van der Waals surface area contributed by atoms with Crippen LogP contribution in [0.15, 0.2) is 12.1 Å². The highest BCUT2D eigenvalue weighted by Crippen LogP contribution is 2.63. The summed E-state index contributed by atoms with van der Waals surface area (Å²) in [6.45, 7) is 5.29. The largest absolute Gasteiger partial charge is 0.598 e. The van der Waals surface area contributed by atoms with Crippen LogP contribution in [0, 0.1) is 28.4 Å². The minimum Gasteiger partial charge on any atom is -0.598 e. The number of hydrogen-bond donors (Lipinski definition) is 2. The molecule has 2 aliphatic rings. The lowest BCUT2D eigenvalue weighted by Crippen LogP contribution is -2.58. The monoisotopic (exact) mass is 370 g/mol. The van der Waals surface area contributed by atoms with Crippen molar-refractivity contribution in [2.45, 2.75) is 50.0 Å². The molecule has 3 atom stereocenters. The molecule has 1 saturated carbocycles. The Balaban J connectivity index is 2.07. The van der Waals surface area contributed by atoms with Gasteiger partial charge in [-0.1, -0.05) is 4.72 Å². The van der Waals surface area contributed by atoms with E-state index in [2.05, 4.69) is 4.72 Å². The Kier molecular flexibility index (Phi) is 4.27. The maximum absolute atomic E-state index is 13.8. The predicted molar refractivity (Wildman–Crippen MR) is 87.9 cm³/mol. The third kappa shape index (κ3) is 3.10. The topological polar surface area (TPSA) is 88.3 Å². The first kappa shape index (κ1) is 18.4. The second-order valence-corrected chi connectivity index (χ2v) is 9.72. The van der Waals surface area contributed by atoms with Crippen molar-refractivity contribution < 1.29 is 23.2 Å².